The molecule has 0 spiro atoms. The second-order valence-electron chi connectivity index (χ2n) is 3.10. The van der Waals surface area contributed by atoms with Crippen LogP contribution >= 0.6 is 0 Å². The monoisotopic (exact) mass is 206 g/mol. The van der Waals surface area contributed by atoms with Gasteiger partial charge in [-0.25, -0.2) is 4.39 Å². The molecule has 78 valence electrons. The Morgan fingerprint density at radius 2 is 2.33 bits per heavy atom. The second-order valence-corrected chi connectivity index (χ2v) is 3.10. The molecule has 0 aliphatic heterocycles. The van der Waals surface area contributed by atoms with Gasteiger partial charge in [-0.2, -0.15) is 0 Å². The number of anilines is 1. The summed E-state index contributed by atoms with van der Waals surface area (Å²) in [5.41, 5.74) is 5.74. The van der Waals surface area contributed by atoms with Crippen LogP contribution in [0.3, 0.4) is 0 Å². The first kappa shape index (κ1) is 11.1. The largest absolute Gasteiger partial charge is 0.399 e. The molecule has 0 saturated carbocycles. The average molecular weight is 206 g/mol. The lowest BCUT2D eigenvalue weighted by molar-refractivity contribution is 0.0808. The van der Waals surface area contributed by atoms with Crippen molar-refractivity contribution in [3.63, 3.8) is 0 Å². The van der Waals surface area contributed by atoms with Crippen LogP contribution in [0, 0.1) is 18.2 Å². The molecule has 0 heterocycles. The molecule has 1 aromatic rings. The molecular formula is C11H11FN2O. The van der Waals surface area contributed by atoms with Crippen molar-refractivity contribution in [2.24, 2.45) is 0 Å². The van der Waals surface area contributed by atoms with Gasteiger partial charge in [-0.1, -0.05) is 5.92 Å². The predicted octanol–water partition coefficient (Wildman–Crippen LogP) is 1.11. The van der Waals surface area contributed by atoms with Gasteiger partial charge in [0.1, 0.15) is 5.82 Å². The van der Waals surface area contributed by atoms with Crippen molar-refractivity contribution in [3.8, 4) is 12.3 Å². The quantitative estimate of drug-likeness (QED) is 0.582. The van der Waals surface area contributed by atoms with Crippen LogP contribution in [0.25, 0.3) is 0 Å². The van der Waals surface area contributed by atoms with Gasteiger partial charge in [0, 0.05) is 12.7 Å². The van der Waals surface area contributed by atoms with Gasteiger partial charge in [0.15, 0.2) is 0 Å². The highest BCUT2D eigenvalue weighted by molar-refractivity contribution is 5.95. The lowest BCUT2D eigenvalue weighted by Crippen LogP contribution is -2.27. The molecule has 4 heteroatoms. The highest BCUT2D eigenvalue weighted by Gasteiger charge is 2.15. The number of halogens is 1. The number of hydrogen-bond donors (Lipinski definition) is 1. The van der Waals surface area contributed by atoms with Crippen LogP contribution in [0.4, 0.5) is 10.1 Å². The molecule has 0 bridgehead atoms. The van der Waals surface area contributed by atoms with Crippen molar-refractivity contribution in [2.45, 2.75) is 0 Å². The first-order valence-corrected chi connectivity index (χ1v) is 4.30. The number of benzene rings is 1. The number of nitrogens with two attached hydrogens (primary N) is 1. The number of terminal acetylenes is 1. The maximum absolute atomic E-state index is 13.3. The third-order valence-electron chi connectivity index (χ3n) is 1.90. The molecule has 0 saturated heterocycles. The minimum Gasteiger partial charge on any atom is -0.399 e. The van der Waals surface area contributed by atoms with Gasteiger partial charge in [0.25, 0.3) is 5.91 Å². The van der Waals surface area contributed by atoms with E-state index in [1.807, 2.05) is 0 Å². The van der Waals surface area contributed by atoms with E-state index in [1.54, 1.807) is 0 Å². The fourth-order valence-electron chi connectivity index (χ4n) is 1.12. The van der Waals surface area contributed by atoms with Crippen LogP contribution in [-0.2, 0) is 0 Å². The van der Waals surface area contributed by atoms with Crippen LogP contribution in [-0.4, -0.2) is 24.4 Å². The fourth-order valence-corrected chi connectivity index (χ4v) is 1.12. The molecule has 0 aliphatic carbocycles. The molecule has 15 heavy (non-hydrogen) atoms. The van der Waals surface area contributed by atoms with Gasteiger partial charge in [-0.05, 0) is 18.2 Å². The number of amides is 1. The molecule has 1 rings (SSSR count). The standard InChI is InChI=1S/C11H11FN2O/c1-3-6-14(2)11(15)9-7-8(13)4-5-10(9)12/h1,4-5,7H,6,13H2,2H3. The third-order valence-corrected chi connectivity index (χ3v) is 1.90. The first-order valence-electron chi connectivity index (χ1n) is 4.30. The van der Waals surface area contributed by atoms with Crippen LogP contribution in [0.1, 0.15) is 10.4 Å². The number of rotatable bonds is 2. The molecule has 3 nitrogen and oxygen atoms in total. The summed E-state index contributed by atoms with van der Waals surface area (Å²) in [7, 11) is 1.50. The van der Waals surface area contributed by atoms with E-state index in [1.165, 1.54) is 24.1 Å². The minimum absolute atomic E-state index is 0.0623. The van der Waals surface area contributed by atoms with Crippen molar-refractivity contribution in [2.75, 3.05) is 19.3 Å². The Morgan fingerprint density at radius 3 is 2.93 bits per heavy atom. The fraction of sp³-hybridized carbons (Fsp3) is 0.182. The SMILES string of the molecule is C#CCN(C)C(=O)c1cc(N)ccc1F. The van der Waals surface area contributed by atoms with Gasteiger partial charge in [-0.15, -0.1) is 6.42 Å². The van der Waals surface area contributed by atoms with Crippen molar-refractivity contribution in [1.29, 1.82) is 0 Å². The zero-order valence-corrected chi connectivity index (χ0v) is 8.33. The molecule has 0 radical (unpaired) electrons. The van der Waals surface area contributed by atoms with Gasteiger partial charge >= 0.3 is 0 Å². The Hall–Kier alpha value is -2.02. The number of carbonyl (C=O) groups excluding carboxylic acids is 1. The van der Waals surface area contributed by atoms with Gasteiger partial charge in [0.05, 0.1) is 12.1 Å². The Morgan fingerprint density at radius 1 is 1.67 bits per heavy atom. The number of nitrogens with zero attached hydrogens (tertiary/aromatic N) is 1. The minimum atomic E-state index is -0.599. The van der Waals surface area contributed by atoms with Crippen LogP contribution in [0.15, 0.2) is 18.2 Å². The van der Waals surface area contributed by atoms with E-state index in [9.17, 15) is 9.18 Å². The topological polar surface area (TPSA) is 46.3 Å². The molecular weight excluding hydrogens is 195 g/mol. The summed E-state index contributed by atoms with van der Waals surface area (Å²) in [4.78, 5) is 12.9. The summed E-state index contributed by atoms with van der Waals surface area (Å²) in [6.07, 6.45) is 5.05. The smallest absolute Gasteiger partial charge is 0.257 e. The van der Waals surface area contributed by atoms with Crippen molar-refractivity contribution >= 4 is 11.6 Å². The van der Waals surface area contributed by atoms with E-state index < -0.39 is 11.7 Å². The third kappa shape index (κ3) is 2.47. The summed E-state index contributed by atoms with van der Waals surface area (Å²) >= 11 is 0. The summed E-state index contributed by atoms with van der Waals surface area (Å²) in [5, 5.41) is 0. The van der Waals surface area contributed by atoms with Crippen molar-refractivity contribution in [3.05, 3.63) is 29.6 Å². The predicted molar refractivity (Wildman–Crippen MR) is 56.6 cm³/mol. The van der Waals surface area contributed by atoms with E-state index in [0.29, 0.717) is 5.69 Å². The molecule has 1 amide bonds. The Kier molecular flexibility index (Phi) is 3.29. The second kappa shape index (κ2) is 4.47. The molecule has 0 atom stereocenters. The maximum Gasteiger partial charge on any atom is 0.257 e. The Balaban J connectivity index is 3.01. The molecule has 0 aliphatic rings. The summed E-state index contributed by atoms with van der Waals surface area (Å²) in [5.74, 6) is 1.23. The zero-order valence-electron chi connectivity index (χ0n) is 8.33. The normalized spacial score (nSPS) is 9.40. The van der Waals surface area contributed by atoms with Gasteiger partial charge in [0.2, 0.25) is 0 Å². The van der Waals surface area contributed by atoms with Crippen molar-refractivity contribution in [1.82, 2.24) is 4.90 Å². The lowest BCUT2D eigenvalue weighted by Gasteiger charge is -2.14. The number of hydrogen-bond acceptors (Lipinski definition) is 2. The van der Waals surface area contributed by atoms with Gasteiger partial charge in [-0.3, -0.25) is 4.79 Å². The Bertz CT molecular complexity index is 423. The van der Waals surface area contributed by atoms with Crippen LogP contribution in [0.2, 0.25) is 0 Å². The van der Waals surface area contributed by atoms with E-state index in [-0.39, 0.29) is 12.1 Å². The van der Waals surface area contributed by atoms with E-state index in [4.69, 9.17) is 12.2 Å². The molecule has 0 fully saturated rings. The van der Waals surface area contributed by atoms with Crippen LogP contribution < -0.4 is 5.73 Å². The summed E-state index contributed by atoms with van der Waals surface area (Å²) < 4.78 is 13.3. The van der Waals surface area contributed by atoms with Crippen molar-refractivity contribution < 1.29 is 9.18 Å². The van der Waals surface area contributed by atoms with Crippen LogP contribution in [0.5, 0.6) is 0 Å². The first-order chi connectivity index (χ1) is 7.06. The lowest BCUT2D eigenvalue weighted by atomic mass is 10.1. The number of carbonyl (C=O) groups is 1. The summed E-state index contributed by atoms with van der Waals surface area (Å²) in [6, 6.07) is 3.85. The molecule has 0 unspecified atom stereocenters. The van der Waals surface area contributed by atoms with E-state index >= 15 is 0 Å². The Labute approximate surface area is 87.7 Å². The molecule has 1 aromatic carbocycles. The number of nitrogen functional groups attached to an aromatic ring is 1. The highest BCUT2D eigenvalue weighted by Crippen LogP contribution is 2.13. The summed E-state index contributed by atoms with van der Waals surface area (Å²) in [6.45, 7) is 0.132. The average Bonchev–Trinajstić information content (AvgIpc) is 2.21. The maximum atomic E-state index is 13.3. The van der Waals surface area contributed by atoms with E-state index in [2.05, 4.69) is 5.92 Å². The highest BCUT2D eigenvalue weighted by atomic mass is 19.1. The zero-order chi connectivity index (χ0) is 11.4. The molecule has 0 aromatic heterocycles. The van der Waals surface area contributed by atoms with Gasteiger partial charge < -0.3 is 10.6 Å². The molecule has 2 N–H and O–H groups in total. The van der Waals surface area contributed by atoms with E-state index in [0.717, 1.165) is 6.07 Å².